The van der Waals surface area contributed by atoms with Crippen molar-refractivity contribution in [3.63, 3.8) is 0 Å². The molecule has 1 aliphatic carbocycles. The summed E-state index contributed by atoms with van der Waals surface area (Å²) in [4.78, 5) is 40.5. The van der Waals surface area contributed by atoms with Crippen LogP contribution in [0.3, 0.4) is 0 Å². The lowest BCUT2D eigenvalue weighted by Crippen LogP contribution is -2.33. The van der Waals surface area contributed by atoms with E-state index in [-0.39, 0.29) is 35.9 Å². The molecule has 0 radical (unpaired) electrons. The molecular weight excluding hydrogens is 292 g/mol. The number of allylic oxidation sites excluding steroid dienone is 2. The Bertz CT molecular complexity index is 611. The first kappa shape index (κ1) is 13.9. The minimum atomic E-state index is -1.07. The van der Waals surface area contributed by atoms with E-state index in [9.17, 15) is 14.4 Å². The molecule has 2 heterocycles. The molecular formula is C14H14N2O4S. The number of amides is 2. The van der Waals surface area contributed by atoms with Gasteiger partial charge >= 0.3 is 5.97 Å². The predicted molar refractivity (Wildman–Crippen MR) is 74.9 cm³/mol. The van der Waals surface area contributed by atoms with E-state index < -0.39 is 5.97 Å². The highest BCUT2D eigenvalue weighted by Gasteiger charge is 2.46. The maximum absolute atomic E-state index is 12.2. The van der Waals surface area contributed by atoms with Gasteiger partial charge in [-0.2, -0.15) is 0 Å². The van der Waals surface area contributed by atoms with Gasteiger partial charge in [-0.25, -0.2) is 9.78 Å². The number of hydrogen-bond acceptors (Lipinski definition) is 5. The summed E-state index contributed by atoms with van der Waals surface area (Å²) in [6.45, 7) is 0.275. The van der Waals surface area contributed by atoms with Crippen LogP contribution >= 0.6 is 11.3 Å². The molecule has 2 unspecified atom stereocenters. The van der Waals surface area contributed by atoms with E-state index >= 15 is 0 Å². The van der Waals surface area contributed by atoms with Gasteiger partial charge in [-0.05, 0) is 12.8 Å². The normalized spacial score (nSPS) is 24.5. The van der Waals surface area contributed by atoms with Gasteiger partial charge in [0.05, 0.1) is 16.8 Å². The third-order valence-corrected chi connectivity index (χ3v) is 4.83. The van der Waals surface area contributed by atoms with Crippen LogP contribution in [0, 0.1) is 11.8 Å². The molecule has 2 atom stereocenters. The highest BCUT2D eigenvalue weighted by molar-refractivity contribution is 7.09. The van der Waals surface area contributed by atoms with Gasteiger partial charge in [-0.1, -0.05) is 12.2 Å². The summed E-state index contributed by atoms with van der Waals surface area (Å²) in [7, 11) is 0. The molecule has 0 saturated carbocycles. The van der Waals surface area contributed by atoms with Crippen LogP contribution in [0.2, 0.25) is 0 Å². The van der Waals surface area contributed by atoms with Crippen LogP contribution in [0.5, 0.6) is 0 Å². The van der Waals surface area contributed by atoms with Crippen LogP contribution in [-0.2, 0) is 16.0 Å². The summed E-state index contributed by atoms with van der Waals surface area (Å²) in [5.41, 5.74) is 0.00643. The Morgan fingerprint density at radius 2 is 1.90 bits per heavy atom. The number of carbonyl (C=O) groups excluding carboxylic acids is 2. The predicted octanol–water partition coefficient (Wildman–Crippen LogP) is 1.33. The molecule has 110 valence electrons. The van der Waals surface area contributed by atoms with Crippen molar-refractivity contribution >= 4 is 29.1 Å². The largest absolute Gasteiger partial charge is 0.476 e. The molecule has 1 N–H and O–H groups in total. The summed E-state index contributed by atoms with van der Waals surface area (Å²) in [6.07, 6.45) is 5.58. The fourth-order valence-corrected chi connectivity index (χ4v) is 3.58. The van der Waals surface area contributed by atoms with E-state index in [1.54, 1.807) is 0 Å². The van der Waals surface area contributed by atoms with Crippen molar-refractivity contribution in [1.82, 2.24) is 9.88 Å². The number of likely N-dealkylation sites (tertiary alicyclic amines) is 1. The van der Waals surface area contributed by atoms with Crippen molar-refractivity contribution in [2.24, 2.45) is 11.8 Å². The Labute approximate surface area is 125 Å². The van der Waals surface area contributed by atoms with Gasteiger partial charge in [0.1, 0.15) is 0 Å². The third kappa shape index (κ3) is 2.49. The number of carbonyl (C=O) groups is 3. The molecule has 6 nitrogen and oxygen atoms in total. The third-order valence-electron chi connectivity index (χ3n) is 3.92. The number of fused-ring (bicyclic) bond motifs is 1. The first-order valence-corrected chi connectivity index (χ1v) is 7.64. The summed E-state index contributed by atoms with van der Waals surface area (Å²) in [6, 6.07) is 0. The van der Waals surface area contributed by atoms with Gasteiger partial charge in [0.2, 0.25) is 11.8 Å². The summed E-state index contributed by atoms with van der Waals surface area (Å²) >= 11 is 1.24. The molecule has 0 aromatic carbocycles. The Hall–Kier alpha value is -2.02. The Morgan fingerprint density at radius 1 is 1.29 bits per heavy atom. The number of thiazole rings is 1. The standard InChI is InChI=1S/C14H14N2O4S/c17-12-8-3-1-2-4-9(8)13(18)16(12)6-5-11-15-10(7-21-11)14(19)20/h1-2,7-9H,3-6H2,(H,19,20). The molecule has 2 amide bonds. The monoisotopic (exact) mass is 306 g/mol. The summed E-state index contributed by atoms with van der Waals surface area (Å²) in [5.74, 6) is -1.71. The Morgan fingerprint density at radius 3 is 2.43 bits per heavy atom. The van der Waals surface area contributed by atoms with Crippen LogP contribution in [0.4, 0.5) is 0 Å². The summed E-state index contributed by atoms with van der Waals surface area (Å²) < 4.78 is 0. The van der Waals surface area contributed by atoms with Crippen molar-refractivity contribution < 1.29 is 19.5 Å². The molecule has 0 bridgehead atoms. The average Bonchev–Trinajstić information content (AvgIpc) is 3.03. The molecule has 0 spiro atoms. The number of nitrogens with zero attached hydrogens (tertiary/aromatic N) is 2. The van der Waals surface area contributed by atoms with Crippen LogP contribution in [0.1, 0.15) is 28.3 Å². The lowest BCUT2D eigenvalue weighted by atomic mass is 9.85. The van der Waals surface area contributed by atoms with Gasteiger partial charge in [0.25, 0.3) is 0 Å². The second kappa shape index (κ2) is 5.40. The Kier molecular flexibility index (Phi) is 3.59. The van der Waals surface area contributed by atoms with Gasteiger partial charge in [0.15, 0.2) is 5.69 Å². The lowest BCUT2D eigenvalue weighted by Gasteiger charge is -2.14. The fraction of sp³-hybridized carbons (Fsp3) is 0.429. The highest BCUT2D eigenvalue weighted by atomic mass is 32.1. The molecule has 1 saturated heterocycles. The van der Waals surface area contributed by atoms with Gasteiger partial charge in [-0.15, -0.1) is 11.3 Å². The zero-order valence-electron chi connectivity index (χ0n) is 11.2. The van der Waals surface area contributed by atoms with E-state index in [0.717, 1.165) is 0 Å². The first-order chi connectivity index (χ1) is 10.1. The quantitative estimate of drug-likeness (QED) is 0.670. The zero-order valence-corrected chi connectivity index (χ0v) is 12.0. The van der Waals surface area contributed by atoms with Crippen LogP contribution in [-0.4, -0.2) is 39.3 Å². The first-order valence-electron chi connectivity index (χ1n) is 6.76. The van der Waals surface area contributed by atoms with Crippen molar-refractivity contribution in [2.75, 3.05) is 6.54 Å². The molecule has 3 rings (SSSR count). The number of imide groups is 1. The molecule has 1 aromatic rings. The van der Waals surface area contributed by atoms with Crippen LogP contribution < -0.4 is 0 Å². The molecule has 2 aliphatic rings. The maximum atomic E-state index is 12.2. The number of hydrogen-bond donors (Lipinski definition) is 1. The zero-order chi connectivity index (χ0) is 15.0. The van der Waals surface area contributed by atoms with E-state index in [0.29, 0.717) is 24.3 Å². The van der Waals surface area contributed by atoms with E-state index in [1.165, 1.54) is 21.6 Å². The minimum Gasteiger partial charge on any atom is -0.476 e. The maximum Gasteiger partial charge on any atom is 0.355 e. The van der Waals surface area contributed by atoms with Crippen molar-refractivity contribution in [1.29, 1.82) is 0 Å². The molecule has 1 aromatic heterocycles. The van der Waals surface area contributed by atoms with Crippen molar-refractivity contribution in [3.05, 3.63) is 28.2 Å². The molecule has 1 aliphatic heterocycles. The topological polar surface area (TPSA) is 87.6 Å². The van der Waals surface area contributed by atoms with E-state index in [2.05, 4.69) is 4.98 Å². The number of rotatable bonds is 4. The van der Waals surface area contributed by atoms with Gasteiger partial charge in [0, 0.05) is 18.3 Å². The molecule has 21 heavy (non-hydrogen) atoms. The van der Waals surface area contributed by atoms with E-state index in [1.807, 2.05) is 12.2 Å². The number of carboxylic acids is 1. The Balaban J connectivity index is 1.66. The second-order valence-corrected chi connectivity index (χ2v) is 6.11. The highest BCUT2D eigenvalue weighted by Crippen LogP contribution is 2.35. The smallest absolute Gasteiger partial charge is 0.355 e. The average molecular weight is 306 g/mol. The number of aromatic carboxylic acids is 1. The van der Waals surface area contributed by atoms with Crippen molar-refractivity contribution in [2.45, 2.75) is 19.3 Å². The number of aromatic nitrogens is 1. The second-order valence-electron chi connectivity index (χ2n) is 5.17. The van der Waals surface area contributed by atoms with Crippen LogP contribution in [0.25, 0.3) is 0 Å². The molecule has 1 fully saturated rings. The van der Waals surface area contributed by atoms with Crippen molar-refractivity contribution in [3.8, 4) is 0 Å². The van der Waals surface area contributed by atoms with Gasteiger partial charge in [-0.3, -0.25) is 14.5 Å². The van der Waals surface area contributed by atoms with Crippen LogP contribution in [0.15, 0.2) is 17.5 Å². The number of carboxylic acid groups (broad SMARTS) is 1. The molecule has 7 heteroatoms. The SMILES string of the molecule is O=C(O)c1csc(CCN2C(=O)C3CC=CCC3C2=O)n1. The van der Waals surface area contributed by atoms with E-state index in [4.69, 9.17) is 5.11 Å². The fourth-order valence-electron chi connectivity index (χ4n) is 2.82. The minimum absolute atomic E-state index is 0.00643. The lowest BCUT2D eigenvalue weighted by molar-refractivity contribution is -0.139. The van der Waals surface area contributed by atoms with Gasteiger partial charge < -0.3 is 5.11 Å². The summed E-state index contributed by atoms with van der Waals surface area (Å²) in [5, 5.41) is 10.9.